The van der Waals surface area contributed by atoms with E-state index < -0.39 is 0 Å². The average Bonchev–Trinajstić information content (AvgIpc) is 3.00. The van der Waals surface area contributed by atoms with E-state index in [2.05, 4.69) is 46.7 Å². The summed E-state index contributed by atoms with van der Waals surface area (Å²) >= 11 is 0. The van der Waals surface area contributed by atoms with Gasteiger partial charge in [-0.15, -0.1) is 10.2 Å². The molecule has 0 radical (unpaired) electrons. The molecule has 3 rings (SSSR count). The van der Waals surface area contributed by atoms with E-state index in [-0.39, 0.29) is 0 Å². The van der Waals surface area contributed by atoms with Crippen LogP contribution in [0.1, 0.15) is 18.4 Å². The summed E-state index contributed by atoms with van der Waals surface area (Å²) in [5.74, 6) is 0.802. The molecule has 2 heterocycles. The Morgan fingerprint density at radius 3 is 2.65 bits per heavy atom. The lowest BCUT2D eigenvalue weighted by molar-refractivity contribution is 0.120. The molecule has 4 heteroatoms. The van der Waals surface area contributed by atoms with Crippen molar-refractivity contribution >= 4 is 5.82 Å². The quantitative estimate of drug-likeness (QED) is 0.926. The highest BCUT2D eigenvalue weighted by atomic mass is 16.5. The molecule has 1 N–H and O–H groups in total. The van der Waals surface area contributed by atoms with Crippen LogP contribution in [0, 0.1) is 6.92 Å². The van der Waals surface area contributed by atoms with Gasteiger partial charge in [0, 0.05) is 18.7 Å². The lowest BCUT2D eigenvalue weighted by Gasteiger charge is -2.10. The molecular formula is C16H19N3O. The lowest BCUT2D eigenvalue weighted by Crippen LogP contribution is -2.19. The number of anilines is 1. The minimum absolute atomic E-state index is 0.313. The first kappa shape index (κ1) is 13.1. The van der Waals surface area contributed by atoms with Crippen LogP contribution in [-0.2, 0) is 4.74 Å². The second kappa shape index (κ2) is 6.01. The summed E-state index contributed by atoms with van der Waals surface area (Å²) in [7, 11) is 0. The second-order valence-corrected chi connectivity index (χ2v) is 5.19. The molecule has 1 saturated heterocycles. The molecule has 2 aromatic rings. The van der Waals surface area contributed by atoms with Crippen LogP contribution in [0.25, 0.3) is 11.3 Å². The first-order chi connectivity index (χ1) is 9.81. The molecule has 1 atom stereocenters. The predicted molar refractivity (Wildman–Crippen MR) is 79.7 cm³/mol. The lowest BCUT2D eigenvalue weighted by atomic mass is 10.1. The Labute approximate surface area is 119 Å². The Bertz CT molecular complexity index is 545. The van der Waals surface area contributed by atoms with Crippen LogP contribution < -0.4 is 5.32 Å². The monoisotopic (exact) mass is 269 g/mol. The zero-order valence-electron chi connectivity index (χ0n) is 11.7. The second-order valence-electron chi connectivity index (χ2n) is 5.19. The van der Waals surface area contributed by atoms with Gasteiger partial charge in [0.05, 0.1) is 11.8 Å². The standard InChI is InChI=1S/C16H19N3O/c1-12-4-6-13(7-5-12)15-8-9-16(19-18-15)17-11-14-3-2-10-20-14/h4-9,14H,2-3,10-11H2,1H3,(H,17,19). The molecule has 0 amide bonds. The van der Waals surface area contributed by atoms with E-state index in [0.29, 0.717) is 6.10 Å². The fourth-order valence-electron chi connectivity index (χ4n) is 2.33. The highest BCUT2D eigenvalue weighted by Gasteiger charge is 2.15. The van der Waals surface area contributed by atoms with Gasteiger partial charge in [-0.25, -0.2) is 0 Å². The molecule has 0 bridgehead atoms. The first-order valence-electron chi connectivity index (χ1n) is 7.07. The molecule has 0 spiro atoms. The van der Waals surface area contributed by atoms with Crippen molar-refractivity contribution in [1.82, 2.24) is 10.2 Å². The molecule has 1 unspecified atom stereocenters. The molecule has 1 aromatic heterocycles. The molecule has 1 aliphatic rings. The van der Waals surface area contributed by atoms with Gasteiger partial charge in [0.15, 0.2) is 0 Å². The Morgan fingerprint density at radius 1 is 1.15 bits per heavy atom. The zero-order valence-corrected chi connectivity index (χ0v) is 11.7. The van der Waals surface area contributed by atoms with Gasteiger partial charge in [-0.1, -0.05) is 29.8 Å². The Kier molecular flexibility index (Phi) is 3.92. The van der Waals surface area contributed by atoms with E-state index in [1.54, 1.807) is 0 Å². The number of rotatable bonds is 4. The van der Waals surface area contributed by atoms with Gasteiger partial charge in [0.25, 0.3) is 0 Å². The van der Waals surface area contributed by atoms with E-state index >= 15 is 0 Å². The highest BCUT2D eigenvalue weighted by Crippen LogP contribution is 2.18. The number of benzene rings is 1. The average molecular weight is 269 g/mol. The minimum Gasteiger partial charge on any atom is -0.376 e. The fraction of sp³-hybridized carbons (Fsp3) is 0.375. The van der Waals surface area contributed by atoms with Crippen molar-refractivity contribution in [2.45, 2.75) is 25.9 Å². The SMILES string of the molecule is Cc1ccc(-c2ccc(NCC3CCCO3)nn2)cc1. The minimum atomic E-state index is 0.313. The number of ether oxygens (including phenoxy) is 1. The fourth-order valence-corrected chi connectivity index (χ4v) is 2.33. The van der Waals surface area contributed by atoms with Gasteiger partial charge in [-0.3, -0.25) is 0 Å². The number of hydrogen-bond acceptors (Lipinski definition) is 4. The van der Waals surface area contributed by atoms with Gasteiger partial charge in [0.2, 0.25) is 0 Å². The molecule has 1 aliphatic heterocycles. The topological polar surface area (TPSA) is 47.0 Å². The van der Waals surface area contributed by atoms with Crippen molar-refractivity contribution in [3.63, 3.8) is 0 Å². The molecule has 0 saturated carbocycles. The summed E-state index contributed by atoms with van der Waals surface area (Å²) in [5.41, 5.74) is 3.23. The van der Waals surface area contributed by atoms with Crippen molar-refractivity contribution in [3.8, 4) is 11.3 Å². The summed E-state index contributed by atoms with van der Waals surface area (Å²) < 4.78 is 5.57. The van der Waals surface area contributed by atoms with Crippen molar-refractivity contribution in [1.29, 1.82) is 0 Å². The van der Waals surface area contributed by atoms with Gasteiger partial charge in [0.1, 0.15) is 5.82 Å². The van der Waals surface area contributed by atoms with Crippen LogP contribution in [0.3, 0.4) is 0 Å². The molecule has 20 heavy (non-hydrogen) atoms. The van der Waals surface area contributed by atoms with Gasteiger partial charge in [-0.2, -0.15) is 0 Å². The normalized spacial score (nSPS) is 18.1. The van der Waals surface area contributed by atoms with Crippen LogP contribution in [0.5, 0.6) is 0 Å². The third-order valence-electron chi connectivity index (χ3n) is 3.55. The van der Waals surface area contributed by atoms with Crippen molar-refractivity contribution < 1.29 is 4.74 Å². The summed E-state index contributed by atoms with van der Waals surface area (Å²) in [6.07, 6.45) is 2.60. The maximum absolute atomic E-state index is 5.57. The third kappa shape index (κ3) is 3.14. The number of nitrogens with zero attached hydrogens (tertiary/aromatic N) is 2. The number of hydrogen-bond donors (Lipinski definition) is 1. The third-order valence-corrected chi connectivity index (χ3v) is 3.55. The largest absolute Gasteiger partial charge is 0.376 e. The van der Waals surface area contributed by atoms with Crippen LogP contribution >= 0.6 is 0 Å². The van der Waals surface area contributed by atoms with E-state index in [1.807, 2.05) is 12.1 Å². The Morgan fingerprint density at radius 2 is 2.00 bits per heavy atom. The van der Waals surface area contributed by atoms with Crippen LogP contribution in [0.2, 0.25) is 0 Å². The van der Waals surface area contributed by atoms with Crippen LogP contribution in [-0.4, -0.2) is 29.5 Å². The molecule has 4 nitrogen and oxygen atoms in total. The number of aromatic nitrogens is 2. The van der Waals surface area contributed by atoms with Gasteiger partial charge in [-0.05, 0) is 31.9 Å². The summed E-state index contributed by atoms with van der Waals surface area (Å²) in [6.45, 7) is 3.76. The maximum Gasteiger partial charge on any atom is 0.148 e. The number of nitrogens with one attached hydrogen (secondary N) is 1. The Hall–Kier alpha value is -1.94. The van der Waals surface area contributed by atoms with Crippen molar-refractivity contribution in [3.05, 3.63) is 42.0 Å². The zero-order chi connectivity index (χ0) is 13.8. The maximum atomic E-state index is 5.57. The molecular weight excluding hydrogens is 250 g/mol. The molecule has 0 aliphatic carbocycles. The summed E-state index contributed by atoms with van der Waals surface area (Å²) in [4.78, 5) is 0. The van der Waals surface area contributed by atoms with E-state index in [9.17, 15) is 0 Å². The Balaban J connectivity index is 1.63. The van der Waals surface area contributed by atoms with Crippen LogP contribution in [0.15, 0.2) is 36.4 Å². The van der Waals surface area contributed by atoms with Gasteiger partial charge >= 0.3 is 0 Å². The van der Waals surface area contributed by atoms with Crippen LogP contribution in [0.4, 0.5) is 5.82 Å². The molecule has 1 aromatic carbocycles. The van der Waals surface area contributed by atoms with Gasteiger partial charge < -0.3 is 10.1 Å². The predicted octanol–water partition coefficient (Wildman–Crippen LogP) is 3.04. The van der Waals surface area contributed by atoms with Crippen molar-refractivity contribution in [2.75, 3.05) is 18.5 Å². The first-order valence-corrected chi connectivity index (χ1v) is 7.07. The molecule has 104 valence electrons. The smallest absolute Gasteiger partial charge is 0.148 e. The van der Waals surface area contributed by atoms with Crippen molar-refractivity contribution in [2.24, 2.45) is 0 Å². The summed E-state index contributed by atoms with van der Waals surface area (Å²) in [6, 6.07) is 12.3. The van der Waals surface area contributed by atoms with E-state index in [0.717, 1.165) is 43.1 Å². The number of aryl methyl sites for hydroxylation is 1. The van der Waals surface area contributed by atoms with E-state index in [1.165, 1.54) is 5.56 Å². The molecule has 1 fully saturated rings. The summed E-state index contributed by atoms with van der Waals surface area (Å²) in [5, 5.41) is 11.8. The van der Waals surface area contributed by atoms with E-state index in [4.69, 9.17) is 4.74 Å². The highest BCUT2D eigenvalue weighted by molar-refractivity contribution is 5.59.